The SMILES string of the molecule is [CH2]C(C)(C)C(C)CCCCC. The van der Waals surface area contributed by atoms with Crippen molar-refractivity contribution < 1.29 is 0 Å². The molecule has 0 amide bonds. The highest BCUT2D eigenvalue weighted by Gasteiger charge is 2.18. The highest BCUT2D eigenvalue weighted by Crippen LogP contribution is 2.28. The summed E-state index contributed by atoms with van der Waals surface area (Å²) in [4.78, 5) is 0. The molecule has 0 fully saturated rings. The molecule has 0 rings (SSSR count). The Balaban J connectivity index is 3.44. The first kappa shape index (κ1) is 11.0. The molecule has 0 spiro atoms. The van der Waals surface area contributed by atoms with Gasteiger partial charge in [0, 0.05) is 0 Å². The van der Waals surface area contributed by atoms with E-state index < -0.39 is 0 Å². The van der Waals surface area contributed by atoms with Crippen LogP contribution in [0, 0.1) is 18.3 Å². The van der Waals surface area contributed by atoms with Crippen molar-refractivity contribution in [3.8, 4) is 0 Å². The van der Waals surface area contributed by atoms with Gasteiger partial charge in [-0.1, -0.05) is 53.4 Å². The molecule has 0 nitrogen and oxygen atoms in total. The van der Waals surface area contributed by atoms with E-state index in [0.717, 1.165) is 5.92 Å². The topological polar surface area (TPSA) is 0 Å². The zero-order valence-electron chi connectivity index (χ0n) is 8.61. The minimum atomic E-state index is 0.258. The molecular weight excluding hydrogens is 132 g/mol. The summed E-state index contributed by atoms with van der Waals surface area (Å²) in [5.41, 5.74) is 0.258. The van der Waals surface area contributed by atoms with E-state index in [2.05, 4.69) is 34.6 Å². The Bertz CT molecular complexity index is 86.7. The largest absolute Gasteiger partial charge is 0.0654 e. The van der Waals surface area contributed by atoms with Crippen LogP contribution in [0.15, 0.2) is 0 Å². The van der Waals surface area contributed by atoms with Crippen LogP contribution < -0.4 is 0 Å². The van der Waals surface area contributed by atoms with Gasteiger partial charge in [-0.25, -0.2) is 0 Å². The van der Waals surface area contributed by atoms with Crippen LogP contribution in [0.25, 0.3) is 0 Å². The molecule has 67 valence electrons. The van der Waals surface area contributed by atoms with Crippen LogP contribution in [0.5, 0.6) is 0 Å². The van der Waals surface area contributed by atoms with Gasteiger partial charge in [0.2, 0.25) is 0 Å². The molecule has 0 aromatic heterocycles. The van der Waals surface area contributed by atoms with Crippen molar-refractivity contribution in [2.45, 2.75) is 53.4 Å². The summed E-state index contributed by atoms with van der Waals surface area (Å²) in [6.45, 7) is 13.2. The Morgan fingerprint density at radius 1 is 1.27 bits per heavy atom. The van der Waals surface area contributed by atoms with Gasteiger partial charge in [0.25, 0.3) is 0 Å². The fourth-order valence-electron chi connectivity index (χ4n) is 1.09. The average Bonchev–Trinajstić information content (AvgIpc) is 1.86. The first-order chi connectivity index (χ1) is 4.98. The number of rotatable bonds is 5. The fraction of sp³-hybridized carbons (Fsp3) is 0.909. The molecule has 0 N–H and O–H groups in total. The zero-order chi connectivity index (χ0) is 8.91. The lowest BCUT2D eigenvalue weighted by atomic mass is 9.79. The van der Waals surface area contributed by atoms with E-state index in [0.29, 0.717) is 0 Å². The Morgan fingerprint density at radius 2 is 1.82 bits per heavy atom. The van der Waals surface area contributed by atoms with Gasteiger partial charge in [-0.05, 0) is 18.3 Å². The highest BCUT2D eigenvalue weighted by atomic mass is 14.2. The van der Waals surface area contributed by atoms with Crippen LogP contribution in [0.4, 0.5) is 0 Å². The lowest BCUT2D eigenvalue weighted by Crippen LogP contribution is -2.17. The Labute approximate surface area is 72.4 Å². The maximum absolute atomic E-state index is 4.15. The molecule has 0 heteroatoms. The standard InChI is InChI=1S/C11H23/c1-6-7-8-9-10(2)11(3,4)5/h10H,3,6-9H2,1-2,4-5H3. The molecule has 0 aromatic rings. The smallest absolute Gasteiger partial charge is 0.0328 e. The monoisotopic (exact) mass is 155 g/mol. The molecular formula is C11H23. The predicted octanol–water partition coefficient (Wildman–Crippen LogP) is 4.06. The second-order valence-electron chi connectivity index (χ2n) is 4.39. The van der Waals surface area contributed by atoms with E-state index in [-0.39, 0.29) is 5.41 Å². The minimum Gasteiger partial charge on any atom is -0.0654 e. The summed E-state index contributed by atoms with van der Waals surface area (Å²) < 4.78 is 0. The van der Waals surface area contributed by atoms with Crippen LogP contribution in [0.2, 0.25) is 0 Å². The van der Waals surface area contributed by atoms with E-state index in [9.17, 15) is 0 Å². The van der Waals surface area contributed by atoms with E-state index in [1.54, 1.807) is 0 Å². The molecule has 0 saturated heterocycles. The maximum atomic E-state index is 4.15. The molecule has 11 heavy (non-hydrogen) atoms. The van der Waals surface area contributed by atoms with Gasteiger partial charge >= 0.3 is 0 Å². The molecule has 0 heterocycles. The summed E-state index contributed by atoms with van der Waals surface area (Å²) in [7, 11) is 0. The van der Waals surface area contributed by atoms with Crippen molar-refractivity contribution in [2.24, 2.45) is 11.3 Å². The second kappa shape index (κ2) is 4.79. The molecule has 0 saturated carbocycles. The van der Waals surface area contributed by atoms with E-state index >= 15 is 0 Å². The van der Waals surface area contributed by atoms with Gasteiger partial charge in [0.1, 0.15) is 0 Å². The first-order valence-electron chi connectivity index (χ1n) is 4.83. The number of unbranched alkanes of at least 4 members (excludes halogenated alkanes) is 2. The quantitative estimate of drug-likeness (QED) is 0.525. The highest BCUT2D eigenvalue weighted by molar-refractivity contribution is 4.76. The molecule has 1 radical (unpaired) electrons. The van der Waals surface area contributed by atoms with Gasteiger partial charge in [-0.2, -0.15) is 0 Å². The van der Waals surface area contributed by atoms with Gasteiger partial charge in [-0.15, -0.1) is 0 Å². The predicted molar refractivity (Wildman–Crippen MR) is 52.4 cm³/mol. The summed E-state index contributed by atoms with van der Waals surface area (Å²) in [5, 5.41) is 0. The Kier molecular flexibility index (Phi) is 4.79. The molecule has 0 aliphatic carbocycles. The van der Waals surface area contributed by atoms with Crippen molar-refractivity contribution in [3.63, 3.8) is 0 Å². The lowest BCUT2D eigenvalue weighted by Gasteiger charge is -2.26. The van der Waals surface area contributed by atoms with Gasteiger partial charge in [0.05, 0.1) is 0 Å². The summed E-state index contributed by atoms with van der Waals surface area (Å²) in [6, 6.07) is 0. The number of hydrogen-bond acceptors (Lipinski definition) is 0. The van der Waals surface area contributed by atoms with Crippen molar-refractivity contribution >= 4 is 0 Å². The summed E-state index contributed by atoms with van der Waals surface area (Å²) in [5.74, 6) is 0.758. The zero-order valence-corrected chi connectivity index (χ0v) is 8.61. The maximum Gasteiger partial charge on any atom is -0.0328 e. The second-order valence-corrected chi connectivity index (χ2v) is 4.39. The normalized spacial score (nSPS) is 15.0. The molecule has 1 atom stereocenters. The van der Waals surface area contributed by atoms with E-state index in [1.165, 1.54) is 25.7 Å². The Hall–Kier alpha value is 0. The summed E-state index contributed by atoms with van der Waals surface area (Å²) >= 11 is 0. The van der Waals surface area contributed by atoms with Crippen molar-refractivity contribution in [1.29, 1.82) is 0 Å². The Morgan fingerprint density at radius 3 is 2.18 bits per heavy atom. The number of hydrogen-bond donors (Lipinski definition) is 0. The van der Waals surface area contributed by atoms with E-state index in [1.807, 2.05) is 0 Å². The summed E-state index contributed by atoms with van der Waals surface area (Å²) in [6.07, 6.45) is 5.41. The van der Waals surface area contributed by atoms with Crippen LogP contribution in [-0.4, -0.2) is 0 Å². The average molecular weight is 155 g/mol. The molecule has 0 bridgehead atoms. The molecule has 1 unspecified atom stereocenters. The molecule has 0 aliphatic heterocycles. The fourth-order valence-corrected chi connectivity index (χ4v) is 1.09. The third kappa shape index (κ3) is 5.29. The van der Waals surface area contributed by atoms with E-state index in [4.69, 9.17) is 0 Å². The van der Waals surface area contributed by atoms with Gasteiger partial charge in [-0.3, -0.25) is 0 Å². The van der Waals surface area contributed by atoms with Crippen LogP contribution >= 0.6 is 0 Å². The van der Waals surface area contributed by atoms with Crippen molar-refractivity contribution in [2.75, 3.05) is 0 Å². The third-order valence-electron chi connectivity index (χ3n) is 2.57. The van der Waals surface area contributed by atoms with Crippen molar-refractivity contribution in [3.05, 3.63) is 6.92 Å². The lowest BCUT2D eigenvalue weighted by molar-refractivity contribution is 0.278. The van der Waals surface area contributed by atoms with Crippen LogP contribution in [0.3, 0.4) is 0 Å². The molecule has 0 aromatic carbocycles. The first-order valence-corrected chi connectivity index (χ1v) is 4.83. The van der Waals surface area contributed by atoms with Crippen LogP contribution in [0.1, 0.15) is 53.4 Å². The van der Waals surface area contributed by atoms with Crippen molar-refractivity contribution in [1.82, 2.24) is 0 Å². The van der Waals surface area contributed by atoms with Crippen LogP contribution in [-0.2, 0) is 0 Å². The minimum absolute atomic E-state index is 0.258. The van der Waals surface area contributed by atoms with Gasteiger partial charge < -0.3 is 0 Å². The molecule has 0 aliphatic rings. The third-order valence-corrected chi connectivity index (χ3v) is 2.57. The van der Waals surface area contributed by atoms with Gasteiger partial charge in [0.15, 0.2) is 0 Å².